The van der Waals surface area contributed by atoms with Crippen LogP contribution in [0.15, 0.2) is 47.6 Å². The Hall–Kier alpha value is -2.12. The van der Waals surface area contributed by atoms with Crippen molar-refractivity contribution in [2.45, 2.75) is 31.1 Å². The number of sulfonamides is 1. The van der Waals surface area contributed by atoms with Crippen molar-refractivity contribution in [3.63, 3.8) is 0 Å². The van der Waals surface area contributed by atoms with Gasteiger partial charge in [0.15, 0.2) is 0 Å². The number of hydrogen-bond donors (Lipinski definition) is 1. The molecule has 0 spiro atoms. The number of anilines is 1. The fraction of sp³-hybridized carbons (Fsp3) is 0.450. The number of aromatic nitrogens is 1. The summed E-state index contributed by atoms with van der Waals surface area (Å²) in [4.78, 5) is 6.59. The van der Waals surface area contributed by atoms with Crippen LogP contribution in [0.1, 0.15) is 25.3 Å². The summed E-state index contributed by atoms with van der Waals surface area (Å²) in [5.74, 6) is 0.713. The lowest BCUT2D eigenvalue weighted by Gasteiger charge is -2.33. The minimum absolute atomic E-state index is 0.221. The number of pyridine rings is 1. The zero-order chi connectivity index (χ0) is 19.3. The molecule has 2 aromatic rings. The number of piperidine rings is 1. The monoisotopic (exact) mass is 389 g/mol. The largest absolute Gasteiger partial charge is 0.495 e. The van der Waals surface area contributed by atoms with Crippen LogP contribution in [-0.4, -0.2) is 40.1 Å². The van der Waals surface area contributed by atoms with E-state index in [1.807, 2.05) is 25.1 Å². The third-order valence-corrected chi connectivity index (χ3v) is 6.58. The molecule has 7 heteroatoms. The first-order valence-electron chi connectivity index (χ1n) is 9.35. The first-order valence-corrected chi connectivity index (χ1v) is 10.8. The minimum Gasteiger partial charge on any atom is -0.495 e. The quantitative estimate of drug-likeness (QED) is 0.788. The molecule has 1 aromatic heterocycles. The predicted molar refractivity (Wildman–Crippen MR) is 107 cm³/mol. The molecule has 0 aliphatic carbocycles. The van der Waals surface area contributed by atoms with E-state index in [0.717, 1.165) is 37.9 Å². The zero-order valence-corrected chi connectivity index (χ0v) is 16.7. The molecule has 1 aromatic carbocycles. The molecular formula is C20H27N3O3S. The Kier molecular flexibility index (Phi) is 6.34. The van der Waals surface area contributed by atoms with Crippen LogP contribution in [0.2, 0.25) is 0 Å². The molecule has 0 radical (unpaired) electrons. The molecule has 2 heterocycles. The van der Waals surface area contributed by atoms with Gasteiger partial charge in [0.2, 0.25) is 10.0 Å². The molecule has 0 bridgehead atoms. The van der Waals surface area contributed by atoms with Crippen LogP contribution >= 0.6 is 0 Å². The van der Waals surface area contributed by atoms with E-state index in [2.05, 4.69) is 14.6 Å². The van der Waals surface area contributed by atoms with Gasteiger partial charge in [0.1, 0.15) is 10.6 Å². The van der Waals surface area contributed by atoms with Crippen molar-refractivity contribution in [1.82, 2.24) is 9.71 Å². The highest BCUT2D eigenvalue weighted by Crippen LogP contribution is 2.26. The van der Waals surface area contributed by atoms with E-state index < -0.39 is 10.0 Å². The molecule has 27 heavy (non-hydrogen) atoms. The Morgan fingerprint density at radius 3 is 2.52 bits per heavy atom. The molecule has 1 aliphatic heterocycles. The molecule has 1 saturated heterocycles. The summed E-state index contributed by atoms with van der Waals surface area (Å²) >= 11 is 0. The molecule has 1 N–H and O–H groups in total. The van der Waals surface area contributed by atoms with Crippen molar-refractivity contribution in [2.24, 2.45) is 5.92 Å². The Labute approximate surface area is 161 Å². The third-order valence-electron chi connectivity index (χ3n) is 5.13. The molecule has 146 valence electrons. The van der Waals surface area contributed by atoms with Crippen molar-refractivity contribution >= 4 is 15.7 Å². The molecule has 0 atom stereocenters. The van der Waals surface area contributed by atoms with Gasteiger partial charge in [-0.1, -0.05) is 13.0 Å². The molecule has 6 nitrogen and oxygen atoms in total. The van der Waals surface area contributed by atoms with E-state index in [-0.39, 0.29) is 4.90 Å². The van der Waals surface area contributed by atoms with Crippen molar-refractivity contribution in [1.29, 1.82) is 0 Å². The molecule has 0 amide bonds. The van der Waals surface area contributed by atoms with Gasteiger partial charge >= 0.3 is 0 Å². The molecule has 0 saturated carbocycles. The van der Waals surface area contributed by atoms with Gasteiger partial charge in [0, 0.05) is 37.7 Å². The molecule has 3 rings (SSSR count). The smallest absolute Gasteiger partial charge is 0.244 e. The van der Waals surface area contributed by atoms with E-state index >= 15 is 0 Å². The number of aryl methyl sites for hydroxylation is 1. The van der Waals surface area contributed by atoms with Crippen LogP contribution in [0, 0.1) is 5.92 Å². The van der Waals surface area contributed by atoms with E-state index in [4.69, 9.17) is 4.74 Å². The van der Waals surface area contributed by atoms with Crippen molar-refractivity contribution in [2.75, 3.05) is 31.6 Å². The lowest BCUT2D eigenvalue weighted by molar-refractivity contribution is 0.395. The van der Waals surface area contributed by atoms with Gasteiger partial charge in [-0.2, -0.15) is 0 Å². The first kappa shape index (κ1) is 19.6. The number of nitrogens with one attached hydrogen (secondary N) is 1. The van der Waals surface area contributed by atoms with Crippen LogP contribution in [0.25, 0.3) is 0 Å². The van der Waals surface area contributed by atoms with Gasteiger partial charge < -0.3 is 9.64 Å². The van der Waals surface area contributed by atoms with Crippen LogP contribution < -0.4 is 14.4 Å². The normalized spacial score (nSPS) is 15.7. The summed E-state index contributed by atoms with van der Waals surface area (Å²) in [7, 11) is -2.10. The fourth-order valence-electron chi connectivity index (χ4n) is 3.41. The van der Waals surface area contributed by atoms with E-state index in [1.54, 1.807) is 24.5 Å². The lowest BCUT2D eigenvalue weighted by Crippen LogP contribution is -2.38. The minimum atomic E-state index is -3.60. The number of nitrogens with zero attached hydrogens (tertiary/aromatic N) is 2. The predicted octanol–water partition coefficient (Wildman–Crippen LogP) is 2.85. The van der Waals surface area contributed by atoms with E-state index in [9.17, 15) is 8.42 Å². The number of benzene rings is 1. The molecular weight excluding hydrogens is 362 g/mol. The standard InChI is InChI=1S/C20H27N3O3S/c1-3-16-4-5-19(26-2)20(14-16)27(24,25)22-15-17-8-12-23(13-9-17)18-6-10-21-11-7-18/h4-7,10-11,14,17,22H,3,8-9,12-13,15H2,1-2H3. The van der Waals surface area contributed by atoms with Crippen LogP contribution in [-0.2, 0) is 16.4 Å². The lowest BCUT2D eigenvalue weighted by atomic mass is 9.97. The topological polar surface area (TPSA) is 71.5 Å². The van der Waals surface area contributed by atoms with Crippen LogP contribution in [0.3, 0.4) is 0 Å². The highest BCUT2D eigenvalue weighted by molar-refractivity contribution is 7.89. The van der Waals surface area contributed by atoms with Crippen LogP contribution in [0.4, 0.5) is 5.69 Å². The summed E-state index contributed by atoms with van der Waals surface area (Å²) in [6, 6.07) is 9.34. The first-order chi connectivity index (χ1) is 13.0. The Morgan fingerprint density at radius 1 is 1.19 bits per heavy atom. The summed E-state index contributed by atoms with van der Waals surface area (Å²) < 4.78 is 33.6. The van der Waals surface area contributed by atoms with Crippen LogP contribution in [0.5, 0.6) is 5.75 Å². The van der Waals surface area contributed by atoms with Gasteiger partial charge in [-0.05, 0) is 55.0 Å². The summed E-state index contributed by atoms with van der Waals surface area (Å²) in [5.41, 5.74) is 2.15. The van der Waals surface area contributed by atoms with Gasteiger partial charge in [0.05, 0.1) is 7.11 Å². The molecule has 0 unspecified atom stereocenters. The highest BCUT2D eigenvalue weighted by Gasteiger charge is 2.24. The average molecular weight is 390 g/mol. The molecule has 1 aliphatic rings. The highest BCUT2D eigenvalue weighted by atomic mass is 32.2. The number of ether oxygens (including phenoxy) is 1. The SMILES string of the molecule is CCc1ccc(OC)c(S(=O)(=O)NCC2CCN(c3ccncc3)CC2)c1. The van der Waals surface area contributed by atoms with Gasteiger partial charge in [-0.15, -0.1) is 0 Å². The third kappa shape index (κ3) is 4.78. The maximum Gasteiger partial charge on any atom is 0.244 e. The Balaban J connectivity index is 1.60. The van der Waals surface area contributed by atoms with E-state index in [0.29, 0.717) is 18.2 Å². The summed E-state index contributed by atoms with van der Waals surface area (Å²) in [6.45, 7) is 4.30. The van der Waals surface area contributed by atoms with Gasteiger partial charge in [-0.25, -0.2) is 13.1 Å². The maximum atomic E-state index is 12.8. The van der Waals surface area contributed by atoms with Gasteiger partial charge in [-0.3, -0.25) is 4.98 Å². The second-order valence-electron chi connectivity index (χ2n) is 6.83. The Morgan fingerprint density at radius 2 is 1.89 bits per heavy atom. The van der Waals surface area contributed by atoms with Crippen molar-refractivity contribution in [3.05, 3.63) is 48.3 Å². The molecule has 1 fully saturated rings. The van der Waals surface area contributed by atoms with E-state index in [1.165, 1.54) is 12.8 Å². The summed E-state index contributed by atoms with van der Waals surface area (Å²) in [5, 5.41) is 0. The van der Waals surface area contributed by atoms with Crippen molar-refractivity contribution < 1.29 is 13.2 Å². The van der Waals surface area contributed by atoms with Crippen molar-refractivity contribution in [3.8, 4) is 5.75 Å². The number of hydrogen-bond acceptors (Lipinski definition) is 5. The zero-order valence-electron chi connectivity index (χ0n) is 15.9. The Bertz CT molecular complexity index is 848. The average Bonchev–Trinajstić information content (AvgIpc) is 2.73. The number of rotatable bonds is 7. The second-order valence-corrected chi connectivity index (χ2v) is 8.56. The number of methoxy groups -OCH3 is 1. The summed E-state index contributed by atoms with van der Waals surface area (Å²) in [6.07, 6.45) is 6.29. The van der Waals surface area contributed by atoms with Gasteiger partial charge in [0.25, 0.3) is 0 Å². The fourth-order valence-corrected chi connectivity index (χ4v) is 4.74. The maximum absolute atomic E-state index is 12.8. The second kappa shape index (κ2) is 8.71.